The minimum absolute atomic E-state index is 1.11. The third-order valence-electron chi connectivity index (χ3n) is 3.39. The third-order valence-corrected chi connectivity index (χ3v) is 4.39. The molecule has 3 aromatic rings. The van der Waals surface area contributed by atoms with Gasteiger partial charge in [0.05, 0.1) is 5.38 Å². The first-order valence-corrected chi connectivity index (χ1v) is 8.18. The zero-order valence-electron chi connectivity index (χ0n) is 12.8. The molecule has 0 unspecified atom stereocenters. The van der Waals surface area contributed by atoms with Crippen LogP contribution in [0.3, 0.4) is 0 Å². The van der Waals surface area contributed by atoms with Gasteiger partial charge in [0.2, 0.25) is 5.69 Å². The Hall–Kier alpha value is -2.39. The molecule has 110 valence electrons. The quantitative estimate of drug-likeness (QED) is 0.684. The van der Waals surface area contributed by atoms with Gasteiger partial charge in [-0.25, -0.2) is 0 Å². The number of rotatable bonds is 4. The predicted molar refractivity (Wildman–Crippen MR) is 94.3 cm³/mol. The molecule has 3 heteroatoms. The highest BCUT2D eigenvalue weighted by Crippen LogP contribution is 2.16. The van der Waals surface area contributed by atoms with E-state index in [-0.39, 0.29) is 0 Å². The van der Waals surface area contributed by atoms with Crippen molar-refractivity contribution in [3.05, 3.63) is 82.4 Å². The molecule has 0 aliphatic carbocycles. The molecular formula is C19H19N2S+. The van der Waals surface area contributed by atoms with Gasteiger partial charge in [0.25, 0.3) is 5.01 Å². The molecule has 0 radical (unpaired) electrons. The van der Waals surface area contributed by atoms with E-state index in [0.29, 0.717) is 0 Å². The predicted octanol–water partition coefficient (Wildman–Crippen LogP) is 4.81. The van der Waals surface area contributed by atoms with Gasteiger partial charge in [0.1, 0.15) is 0 Å². The van der Waals surface area contributed by atoms with Crippen LogP contribution in [0.15, 0.2) is 71.7 Å². The van der Waals surface area contributed by atoms with Gasteiger partial charge in [-0.15, -0.1) is 4.57 Å². The molecule has 0 bridgehead atoms. The molecule has 0 amide bonds. The van der Waals surface area contributed by atoms with Crippen molar-refractivity contribution in [2.45, 2.75) is 13.8 Å². The second-order valence-electron chi connectivity index (χ2n) is 5.20. The number of thiazole rings is 1. The van der Waals surface area contributed by atoms with Crippen LogP contribution in [0.2, 0.25) is 0 Å². The Labute approximate surface area is 135 Å². The maximum atomic E-state index is 3.43. The topological polar surface area (TPSA) is 15.9 Å². The molecule has 2 nitrogen and oxygen atoms in total. The number of anilines is 1. The fourth-order valence-electron chi connectivity index (χ4n) is 2.40. The van der Waals surface area contributed by atoms with Gasteiger partial charge in [-0.1, -0.05) is 47.7 Å². The van der Waals surface area contributed by atoms with Crippen LogP contribution in [0, 0.1) is 6.92 Å². The molecule has 3 rings (SSSR count). The second-order valence-corrected chi connectivity index (χ2v) is 6.09. The molecular weight excluding hydrogens is 288 g/mol. The van der Waals surface area contributed by atoms with Crippen molar-refractivity contribution in [3.63, 3.8) is 0 Å². The van der Waals surface area contributed by atoms with Gasteiger partial charge in [-0.05, 0) is 19.1 Å². The Morgan fingerprint density at radius 1 is 1.00 bits per heavy atom. The van der Waals surface area contributed by atoms with Crippen molar-refractivity contribution < 1.29 is 4.57 Å². The summed E-state index contributed by atoms with van der Waals surface area (Å²) in [6, 6.07) is 20.7. The molecule has 0 saturated carbocycles. The van der Waals surface area contributed by atoms with E-state index in [4.69, 9.17) is 0 Å². The van der Waals surface area contributed by atoms with E-state index >= 15 is 0 Å². The Bertz CT molecular complexity index is 774. The first-order chi connectivity index (χ1) is 10.7. The number of nitrogens with one attached hydrogen (secondary N) is 1. The largest absolute Gasteiger partial charge is 0.359 e. The Morgan fingerprint density at radius 3 is 2.32 bits per heavy atom. The number of allylic oxidation sites excluding steroid dienone is 1. The lowest BCUT2D eigenvalue weighted by Gasteiger charge is -2.05. The van der Waals surface area contributed by atoms with Crippen molar-refractivity contribution in [1.82, 2.24) is 0 Å². The van der Waals surface area contributed by atoms with Gasteiger partial charge in [-0.2, -0.15) is 0 Å². The molecule has 1 N–H and O–H groups in total. The number of para-hydroxylation sites is 2. The van der Waals surface area contributed by atoms with Crippen molar-refractivity contribution in [1.29, 1.82) is 0 Å². The molecule has 1 aromatic heterocycles. The molecule has 0 atom stereocenters. The van der Waals surface area contributed by atoms with Crippen LogP contribution in [0.25, 0.3) is 11.8 Å². The molecule has 0 fully saturated rings. The highest BCUT2D eigenvalue weighted by atomic mass is 32.1. The Morgan fingerprint density at radius 2 is 1.64 bits per heavy atom. The fraction of sp³-hybridized carbons (Fsp3) is 0.105. The zero-order chi connectivity index (χ0) is 15.4. The van der Waals surface area contributed by atoms with Gasteiger partial charge >= 0.3 is 0 Å². The number of aryl methyl sites for hydroxylation is 1. The lowest BCUT2D eigenvalue weighted by atomic mass is 10.3. The summed E-state index contributed by atoms with van der Waals surface area (Å²) in [6.45, 7) is 4.23. The maximum Gasteiger partial charge on any atom is 0.269 e. The van der Waals surface area contributed by atoms with Crippen LogP contribution >= 0.6 is 11.3 Å². The van der Waals surface area contributed by atoms with Crippen LogP contribution in [-0.2, 0) is 0 Å². The smallest absolute Gasteiger partial charge is 0.269 e. The van der Waals surface area contributed by atoms with Crippen molar-refractivity contribution in [3.8, 4) is 5.69 Å². The van der Waals surface area contributed by atoms with E-state index in [9.17, 15) is 0 Å². The van der Waals surface area contributed by atoms with Crippen LogP contribution in [0.5, 0.6) is 0 Å². The van der Waals surface area contributed by atoms with Crippen LogP contribution in [0.1, 0.15) is 17.6 Å². The SMILES string of the molecule is C/C(=C\c1scc(C)[n+]1-c1ccccc1)Nc1ccccc1. The van der Waals surface area contributed by atoms with E-state index in [1.165, 1.54) is 16.4 Å². The van der Waals surface area contributed by atoms with E-state index in [0.717, 1.165) is 11.4 Å². The van der Waals surface area contributed by atoms with Gasteiger partial charge < -0.3 is 5.32 Å². The normalized spacial score (nSPS) is 11.5. The van der Waals surface area contributed by atoms with E-state index in [1.54, 1.807) is 11.3 Å². The summed E-state index contributed by atoms with van der Waals surface area (Å²) in [5, 5.41) is 6.83. The molecule has 22 heavy (non-hydrogen) atoms. The van der Waals surface area contributed by atoms with Crippen molar-refractivity contribution in [2.75, 3.05) is 5.32 Å². The van der Waals surface area contributed by atoms with Gasteiger partial charge in [0, 0.05) is 36.5 Å². The number of benzene rings is 2. The zero-order valence-corrected chi connectivity index (χ0v) is 13.6. The van der Waals surface area contributed by atoms with Crippen molar-refractivity contribution >= 4 is 23.1 Å². The monoisotopic (exact) mass is 307 g/mol. The highest BCUT2D eigenvalue weighted by Gasteiger charge is 2.18. The summed E-state index contributed by atoms with van der Waals surface area (Å²) in [4.78, 5) is 0. The fourth-order valence-corrected chi connectivity index (χ4v) is 3.40. The maximum absolute atomic E-state index is 3.43. The summed E-state index contributed by atoms with van der Waals surface area (Å²) < 4.78 is 2.28. The first kappa shape index (κ1) is 14.5. The summed E-state index contributed by atoms with van der Waals surface area (Å²) >= 11 is 1.76. The molecule has 2 aromatic carbocycles. The number of hydrogen-bond donors (Lipinski definition) is 1. The minimum atomic E-state index is 1.11. The Balaban J connectivity index is 1.91. The average molecular weight is 307 g/mol. The molecule has 0 aliphatic rings. The lowest BCUT2D eigenvalue weighted by molar-refractivity contribution is -0.599. The standard InChI is InChI=1S/C19H18N2S/c1-15(20-17-9-5-3-6-10-17)13-19-21(16(2)14-22-19)18-11-7-4-8-12-18/h3-14H,1-2H3/p+1. The minimum Gasteiger partial charge on any atom is -0.359 e. The summed E-state index contributed by atoms with van der Waals surface area (Å²) in [5.41, 5.74) is 4.67. The number of aromatic nitrogens is 1. The van der Waals surface area contributed by atoms with Gasteiger partial charge in [0.15, 0.2) is 5.69 Å². The molecule has 1 heterocycles. The van der Waals surface area contributed by atoms with E-state index in [1.807, 2.05) is 24.3 Å². The first-order valence-electron chi connectivity index (χ1n) is 7.30. The van der Waals surface area contributed by atoms with Crippen LogP contribution in [-0.4, -0.2) is 0 Å². The Kier molecular flexibility index (Phi) is 4.35. The second kappa shape index (κ2) is 6.58. The van der Waals surface area contributed by atoms with Crippen LogP contribution in [0.4, 0.5) is 5.69 Å². The van der Waals surface area contributed by atoms with Gasteiger partial charge in [-0.3, -0.25) is 0 Å². The van der Waals surface area contributed by atoms with Crippen molar-refractivity contribution in [2.24, 2.45) is 0 Å². The van der Waals surface area contributed by atoms with Crippen LogP contribution < -0.4 is 9.88 Å². The molecule has 0 aliphatic heterocycles. The third kappa shape index (κ3) is 3.26. The molecule has 0 saturated heterocycles. The molecule has 0 spiro atoms. The summed E-state index contributed by atoms with van der Waals surface area (Å²) in [6.07, 6.45) is 2.19. The number of nitrogens with zero attached hydrogens (tertiary/aromatic N) is 1. The van der Waals surface area contributed by atoms with E-state index < -0.39 is 0 Å². The summed E-state index contributed by atoms with van der Waals surface area (Å²) in [5.74, 6) is 0. The van der Waals surface area contributed by atoms with E-state index in [2.05, 4.69) is 71.6 Å². The highest BCUT2D eigenvalue weighted by molar-refractivity contribution is 7.10. The average Bonchev–Trinajstić information content (AvgIpc) is 2.89. The summed E-state index contributed by atoms with van der Waals surface area (Å²) in [7, 11) is 0. The number of hydrogen-bond acceptors (Lipinski definition) is 2. The lowest BCUT2D eigenvalue weighted by Crippen LogP contribution is -2.34.